The van der Waals surface area contributed by atoms with Gasteiger partial charge in [0.05, 0.1) is 13.2 Å². The number of phenolic OH excluding ortho intramolecular Hbond substituents is 2. The van der Waals surface area contributed by atoms with Crippen molar-refractivity contribution >= 4 is 5.78 Å². The highest BCUT2D eigenvalue weighted by atomic mass is 16.5. The molecule has 1 atom stereocenters. The molecule has 0 saturated carbocycles. The molecular formula is C15H23NO4. The van der Waals surface area contributed by atoms with Gasteiger partial charge in [-0.1, -0.05) is 6.92 Å². The zero-order valence-electron chi connectivity index (χ0n) is 12.3. The van der Waals surface area contributed by atoms with Crippen molar-refractivity contribution in [3.05, 3.63) is 23.8 Å². The van der Waals surface area contributed by atoms with E-state index in [9.17, 15) is 15.0 Å². The van der Waals surface area contributed by atoms with E-state index in [4.69, 9.17) is 4.74 Å². The minimum atomic E-state index is -0.275. The Hall–Kier alpha value is -1.59. The van der Waals surface area contributed by atoms with Crippen molar-refractivity contribution in [2.75, 3.05) is 26.8 Å². The Kier molecular flexibility index (Phi) is 6.48. The first-order valence-electron chi connectivity index (χ1n) is 6.77. The molecular weight excluding hydrogens is 258 g/mol. The molecule has 0 aliphatic heterocycles. The number of Topliss-reactive ketones (excluding diaryl/α,β-unsaturated/α-hetero) is 1. The molecule has 5 nitrogen and oxygen atoms in total. The van der Waals surface area contributed by atoms with Gasteiger partial charge < -0.3 is 14.9 Å². The van der Waals surface area contributed by atoms with Crippen LogP contribution in [0.15, 0.2) is 18.2 Å². The summed E-state index contributed by atoms with van der Waals surface area (Å²) in [6.07, 6.45) is 0.942. The summed E-state index contributed by atoms with van der Waals surface area (Å²) >= 11 is 0. The molecule has 0 aliphatic rings. The molecule has 0 heterocycles. The molecule has 1 rings (SSSR count). The van der Waals surface area contributed by atoms with Crippen LogP contribution in [-0.4, -0.2) is 53.7 Å². The Labute approximate surface area is 119 Å². The minimum Gasteiger partial charge on any atom is -0.504 e. The van der Waals surface area contributed by atoms with Crippen LogP contribution in [0.3, 0.4) is 0 Å². The Morgan fingerprint density at radius 3 is 2.60 bits per heavy atom. The number of rotatable bonds is 8. The van der Waals surface area contributed by atoms with Gasteiger partial charge in [0.1, 0.15) is 0 Å². The first-order chi connectivity index (χ1) is 9.49. The molecule has 0 aliphatic carbocycles. The molecule has 0 amide bonds. The fourth-order valence-electron chi connectivity index (χ4n) is 1.89. The number of methoxy groups -OCH3 is 1. The van der Waals surface area contributed by atoms with Gasteiger partial charge in [0.2, 0.25) is 0 Å². The lowest BCUT2D eigenvalue weighted by Crippen LogP contribution is -2.39. The number of ether oxygens (including phenoxy) is 1. The normalized spacial score (nSPS) is 12.6. The number of phenols is 2. The smallest absolute Gasteiger partial charge is 0.176 e. The number of hydrogen-bond acceptors (Lipinski definition) is 5. The lowest BCUT2D eigenvalue weighted by Gasteiger charge is -2.27. The van der Waals surface area contributed by atoms with E-state index < -0.39 is 0 Å². The van der Waals surface area contributed by atoms with E-state index in [2.05, 4.69) is 18.7 Å². The van der Waals surface area contributed by atoms with Gasteiger partial charge >= 0.3 is 0 Å². The van der Waals surface area contributed by atoms with Crippen LogP contribution in [0.4, 0.5) is 0 Å². The average molecular weight is 281 g/mol. The molecule has 1 unspecified atom stereocenters. The molecule has 0 bridgehead atoms. The fourth-order valence-corrected chi connectivity index (χ4v) is 1.89. The van der Waals surface area contributed by atoms with Crippen molar-refractivity contribution in [1.29, 1.82) is 0 Å². The summed E-state index contributed by atoms with van der Waals surface area (Å²) in [5, 5.41) is 18.7. The van der Waals surface area contributed by atoms with E-state index in [1.165, 1.54) is 18.2 Å². The number of carbonyl (C=O) groups is 1. The molecule has 5 heteroatoms. The second kappa shape index (κ2) is 7.87. The predicted molar refractivity (Wildman–Crippen MR) is 77.3 cm³/mol. The van der Waals surface area contributed by atoms with Crippen molar-refractivity contribution in [2.24, 2.45) is 0 Å². The van der Waals surface area contributed by atoms with E-state index in [0.717, 1.165) is 6.42 Å². The van der Waals surface area contributed by atoms with Gasteiger partial charge in [0, 0.05) is 25.3 Å². The van der Waals surface area contributed by atoms with Gasteiger partial charge in [-0.25, -0.2) is 0 Å². The van der Waals surface area contributed by atoms with Crippen LogP contribution < -0.4 is 0 Å². The molecule has 112 valence electrons. The summed E-state index contributed by atoms with van der Waals surface area (Å²) < 4.78 is 5.06. The maximum absolute atomic E-state index is 12.2. The summed E-state index contributed by atoms with van der Waals surface area (Å²) in [6, 6.07) is 4.41. The molecule has 0 saturated heterocycles. The van der Waals surface area contributed by atoms with Gasteiger partial charge in [-0.2, -0.15) is 0 Å². The van der Waals surface area contributed by atoms with Crippen LogP contribution in [0.25, 0.3) is 0 Å². The van der Waals surface area contributed by atoms with Crippen molar-refractivity contribution < 1.29 is 19.7 Å². The van der Waals surface area contributed by atoms with Gasteiger partial charge in [-0.15, -0.1) is 0 Å². The highest BCUT2D eigenvalue weighted by Gasteiger charge is 2.17. The maximum Gasteiger partial charge on any atom is 0.176 e. The van der Waals surface area contributed by atoms with E-state index in [1.54, 1.807) is 7.11 Å². The van der Waals surface area contributed by atoms with Crippen molar-refractivity contribution in [2.45, 2.75) is 26.3 Å². The van der Waals surface area contributed by atoms with Crippen molar-refractivity contribution in [3.63, 3.8) is 0 Å². The molecule has 0 aromatic heterocycles. The second-order valence-electron chi connectivity index (χ2n) is 4.85. The summed E-state index contributed by atoms with van der Waals surface area (Å²) in [4.78, 5) is 14.3. The standard InChI is InChI=1S/C15H23NO4/c1-4-11(2)16(7-8-20-3)10-15(19)12-5-6-13(17)14(18)9-12/h5-6,9,11,17-18H,4,7-8,10H2,1-3H3. The summed E-state index contributed by atoms with van der Waals surface area (Å²) in [5.41, 5.74) is 0.394. The Balaban J connectivity index is 2.76. The predicted octanol–water partition coefficient (Wildman–Crippen LogP) is 2.03. The highest BCUT2D eigenvalue weighted by Crippen LogP contribution is 2.25. The third kappa shape index (κ3) is 4.51. The highest BCUT2D eigenvalue weighted by molar-refractivity contribution is 5.98. The molecule has 20 heavy (non-hydrogen) atoms. The van der Waals surface area contributed by atoms with Crippen molar-refractivity contribution in [3.8, 4) is 11.5 Å². The molecule has 1 aromatic carbocycles. The third-order valence-corrected chi connectivity index (χ3v) is 3.44. The summed E-state index contributed by atoms with van der Waals surface area (Å²) in [5.74, 6) is -0.584. The summed E-state index contributed by atoms with van der Waals surface area (Å²) in [7, 11) is 1.63. The van der Waals surface area contributed by atoms with Gasteiger partial charge in [0.25, 0.3) is 0 Å². The molecule has 1 aromatic rings. The van der Waals surface area contributed by atoms with E-state index in [-0.39, 0.29) is 29.9 Å². The Morgan fingerprint density at radius 1 is 1.35 bits per heavy atom. The van der Waals surface area contributed by atoms with Crippen LogP contribution in [0, 0.1) is 0 Å². The second-order valence-corrected chi connectivity index (χ2v) is 4.85. The zero-order valence-corrected chi connectivity index (χ0v) is 12.3. The quantitative estimate of drug-likeness (QED) is 0.563. The fraction of sp³-hybridized carbons (Fsp3) is 0.533. The van der Waals surface area contributed by atoms with Gasteiger partial charge in [0.15, 0.2) is 17.3 Å². The monoisotopic (exact) mass is 281 g/mol. The average Bonchev–Trinajstić information content (AvgIpc) is 2.45. The maximum atomic E-state index is 12.2. The number of carbonyl (C=O) groups excluding carboxylic acids is 1. The van der Waals surface area contributed by atoms with Crippen LogP contribution >= 0.6 is 0 Å². The number of nitrogens with zero attached hydrogens (tertiary/aromatic N) is 1. The molecule has 0 radical (unpaired) electrons. The number of aromatic hydroxyl groups is 2. The first kappa shape index (κ1) is 16.5. The Morgan fingerprint density at radius 2 is 2.05 bits per heavy atom. The van der Waals surface area contributed by atoms with Crippen LogP contribution in [0.1, 0.15) is 30.6 Å². The van der Waals surface area contributed by atoms with Crippen LogP contribution in [-0.2, 0) is 4.74 Å². The van der Waals surface area contributed by atoms with E-state index in [0.29, 0.717) is 18.7 Å². The first-order valence-corrected chi connectivity index (χ1v) is 6.77. The third-order valence-electron chi connectivity index (χ3n) is 3.44. The van der Waals surface area contributed by atoms with E-state index >= 15 is 0 Å². The molecule has 0 fully saturated rings. The SMILES string of the molecule is CCC(C)N(CCOC)CC(=O)c1ccc(O)c(O)c1. The number of ketones is 1. The van der Waals surface area contributed by atoms with Gasteiger partial charge in [-0.05, 0) is 31.5 Å². The minimum absolute atomic E-state index is 0.0864. The summed E-state index contributed by atoms with van der Waals surface area (Å²) in [6.45, 7) is 5.65. The topological polar surface area (TPSA) is 70.0 Å². The lowest BCUT2D eigenvalue weighted by molar-refractivity contribution is 0.0834. The van der Waals surface area contributed by atoms with Gasteiger partial charge in [-0.3, -0.25) is 9.69 Å². The number of hydrogen-bond donors (Lipinski definition) is 2. The Bertz CT molecular complexity index is 447. The number of benzene rings is 1. The van der Waals surface area contributed by atoms with E-state index in [1.807, 2.05) is 0 Å². The lowest BCUT2D eigenvalue weighted by atomic mass is 10.1. The van der Waals surface area contributed by atoms with Crippen molar-refractivity contribution in [1.82, 2.24) is 4.90 Å². The molecule has 2 N–H and O–H groups in total. The zero-order chi connectivity index (χ0) is 15.1. The molecule has 0 spiro atoms. The van der Waals surface area contributed by atoms with Crippen LogP contribution in [0.5, 0.6) is 11.5 Å². The largest absolute Gasteiger partial charge is 0.504 e. The van der Waals surface area contributed by atoms with Crippen LogP contribution in [0.2, 0.25) is 0 Å².